The Morgan fingerprint density at radius 1 is 1.21 bits per heavy atom. The molecule has 2 N–H and O–H groups in total. The van der Waals surface area contributed by atoms with Gasteiger partial charge in [0.15, 0.2) is 0 Å². The van der Waals surface area contributed by atoms with Crippen LogP contribution in [-0.2, 0) is 14.3 Å². The fraction of sp³-hybridized carbons (Fsp3) is 0.824. The number of rotatable bonds is 15. The molecule has 0 heterocycles. The van der Waals surface area contributed by atoms with Crippen molar-refractivity contribution in [1.29, 1.82) is 0 Å². The van der Waals surface area contributed by atoms with E-state index in [1.165, 1.54) is 0 Å². The molecule has 0 aromatic carbocycles. The highest BCUT2D eigenvalue weighted by Crippen LogP contribution is 2.20. The Morgan fingerprint density at radius 3 is 2.79 bits per heavy atom. The molecule has 0 bridgehead atoms. The van der Waals surface area contributed by atoms with Crippen LogP contribution in [0.1, 0.15) is 36.5 Å². The lowest BCUT2D eigenvalue weighted by molar-refractivity contribution is -0.121. The van der Waals surface area contributed by atoms with Crippen molar-refractivity contribution in [3.8, 4) is 11.8 Å². The van der Waals surface area contributed by atoms with Gasteiger partial charge in [0.1, 0.15) is 12.5 Å². The highest BCUT2D eigenvalue weighted by atomic mass is 33.1. The van der Waals surface area contributed by atoms with Crippen molar-refractivity contribution in [3.05, 3.63) is 0 Å². The molecule has 0 atom stereocenters. The van der Waals surface area contributed by atoms with Crippen LogP contribution in [-0.4, -0.2) is 57.1 Å². The highest BCUT2D eigenvalue weighted by molar-refractivity contribution is 8.76. The topological polar surface area (TPSA) is 59.6 Å². The molecule has 0 saturated carbocycles. The molecule has 0 saturated heterocycles. The van der Waals surface area contributed by atoms with Crippen molar-refractivity contribution >= 4 is 27.5 Å². The zero-order chi connectivity index (χ0) is 17.9. The summed E-state index contributed by atoms with van der Waals surface area (Å²) in [6.45, 7) is 10.3. The Morgan fingerprint density at radius 2 is 2.04 bits per heavy atom. The van der Waals surface area contributed by atoms with Crippen molar-refractivity contribution in [3.63, 3.8) is 0 Å². The van der Waals surface area contributed by atoms with E-state index in [-0.39, 0.29) is 8.76 Å². The van der Waals surface area contributed by atoms with Gasteiger partial charge in [-0.15, -0.1) is 0 Å². The fourth-order valence-electron chi connectivity index (χ4n) is 1.53. The second kappa shape index (κ2) is 18.9. The van der Waals surface area contributed by atoms with Crippen molar-refractivity contribution in [2.45, 2.75) is 33.6 Å². The molecule has 7 heteroatoms. The minimum atomic E-state index is 0. The third-order valence-electron chi connectivity index (χ3n) is 2.65. The van der Waals surface area contributed by atoms with Crippen LogP contribution in [0, 0.1) is 17.8 Å². The second-order valence-electron chi connectivity index (χ2n) is 5.30. The van der Waals surface area contributed by atoms with E-state index in [1.54, 1.807) is 21.6 Å². The van der Waals surface area contributed by atoms with Gasteiger partial charge in [-0.05, 0) is 13.0 Å². The minimum Gasteiger partial charge on any atom is -0.370 e. The maximum absolute atomic E-state index is 11.6. The predicted octanol–water partition coefficient (Wildman–Crippen LogP) is 3.02. The van der Waals surface area contributed by atoms with E-state index in [0.29, 0.717) is 44.6 Å². The molecule has 1 amide bonds. The molecule has 144 valence electrons. The normalized spacial score (nSPS) is 10.5. The van der Waals surface area contributed by atoms with Crippen LogP contribution >= 0.6 is 21.6 Å². The highest BCUT2D eigenvalue weighted by Gasteiger charge is 2.00. The summed E-state index contributed by atoms with van der Waals surface area (Å²) in [5.74, 6) is 8.12. The molecule has 0 aliphatic carbocycles. The van der Waals surface area contributed by atoms with Crippen molar-refractivity contribution in [1.82, 2.24) is 10.6 Å². The molecule has 5 nitrogen and oxygen atoms in total. The van der Waals surface area contributed by atoms with E-state index in [2.05, 4.69) is 29.4 Å². The SMILES string of the molecule is CCNCCSSCOCCCC(=O)NCCOCC#CC(C)C.[HH].[HH]. The fourth-order valence-corrected chi connectivity index (χ4v) is 3.14. The number of hydrogen-bond acceptors (Lipinski definition) is 6. The number of amides is 1. The number of hydrogen-bond donors (Lipinski definition) is 2. The summed E-state index contributed by atoms with van der Waals surface area (Å²) in [5.41, 5.74) is 0. The third kappa shape index (κ3) is 19.7. The Bertz CT molecular complexity index is 368. The average Bonchev–Trinajstić information content (AvgIpc) is 2.55. The third-order valence-corrected chi connectivity index (χ3v) is 4.74. The maximum atomic E-state index is 11.6. The Labute approximate surface area is 158 Å². The van der Waals surface area contributed by atoms with Crippen LogP contribution in [0.4, 0.5) is 0 Å². The molecule has 0 spiro atoms. The summed E-state index contributed by atoms with van der Waals surface area (Å²) in [5, 5.41) is 6.10. The standard InChI is InChI=1S/C17H32N2O3S2.2H2/c1-4-18-10-14-23-24-15-22-12-6-8-17(20)19-9-13-21-11-5-7-16(2)3;;/h16,18H,4,6,8-15H2,1-3H3,(H,19,20);2*1H. The van der Waals surface area contributed by atoms with Crippen molar-refractivity contribution in [2.75, 3.05) is 51.1 Å². The molecule has 0 aliphatic heterocycles. The van der Waals surface area contributed by atoms with Gasteiger partial charge < -0.3 is 20.1 Å². The smallest absolute Gasteiger partial charge is 0.220 e. The van der Waals surface area contributed by atoms with Gasteiger partial charge in [-0.3, -0.25) is 4.79 Å². The molecule has 0 aromatic heterocycles. The lowest BCUT2D eigenvalue weighted by atomic mass is 10.2. The molecule has 0 unspecified atom stereocenters. The second-order valence-corrected chi connectivity index (χ2v) is 7.83. The van der Waals surface area contributed by atoms with Gasteiger partial charge in [0, 0.05) is 40.6 Å². The minimum absolute atomic E-state index is 0. The first-order chi connectivity index (χ1) is 11.7. The van der Waals surface area contributed by atoms with Crippen LogP contribution in [0.2, 0.25) is 0 Å². The summed E-state index contributed by atoms with van der Waals surface area (Å²) in [4.78, 5) is 11.6. The van der Waals surface area contributed by atoms with Gasteiger partial charge in [-0.1, -0.05) is 54.2 Å². The lowest BCUT2D eigenvalue weighted by Crippen LogP contribution is -2.27. The summed E-state index contributed by atoms with van der Waals surface area (Å²) < 4.78 is 10.8. The van der Waals surface area contributed by atoms with E-state index >= 15 is 0 Å². The van der Waals surface area contributed by atoms with E-state index in [0.717, 1.165) is 25.3 Å². The van der Waals surface area contributed by atoms with Crippen LogP contribution in [0.5, 0.6) is 0 Å². The lowest BCUT2D eigenvalue weighted by Gasteiger charge is -2.06. The van der Waals surface area contributed by atoms with Crippen molar-refractivity contribution < 1.29 is 17.1 Å². The van der Waals surface area contributed by atoms with Gasteiger partial charge in [0.05, 0.1) is 6.61 Å². The summed E-state index contributed by atoms with van der Waals surface area (Å²) >= 11 is 0. The largest absolute Gasteiger partial charge is 0.370 e. The molecule has 24 heavy (non-hydrogen) atoms. The van der Waals surface area contributed by atoms with E-state index in [4.69, 9.17) is 9.47 Å². The summed E-state index contributed by atoms with van der Waals surface area (Å²) in [7, 11) is 3.52. The van der Waals surface area contributed by atoms with Crippen LogP contribution in [0.25, 0.3) is 0 Å². The Kier molecular flexibility index (Phi) is 18.6. The quantitative estimate of drug-likeness (QED) is 0.197. The average molecular weight is 381 g/mol. The summed E-state index contributed by atoms with van der Waals surface area (Å²) in [6, 6.07) is 0. The number of ether oxygens (including phenoxy) is 2. The molecule has 0 aliphatic rings. The van der Waals surface area contributed by atoms with E-state index in [1.807, 2.05) is 13.8 Å². The van der Waals surface area contributed by atoms with Crippen LogP contribution in [0.3, 0.4) is 0 Å². The zero-order valence-electron chi connectivity index (χ0n) is 15.2. The van der Waals surface area contributed by atoms with E-state index in [9.17, 15) is 4.79 Å². The van der Waals surface area contributed by atoms with Gasteiger partial charge in [0.25, 0.3) is 0 Å². The number of nitrogens with one attached hydrogen (secondary N) is 2. The molecular formula is C17H36N2O3S2. The molecule has 0 aromatic rings. The van der Waals surface area contributed by atoms with Crippen LogP contribution in [0.15, 0.2) is 0 Å². The zero-order valence-corrected chi connectivity index (χ0v) is 16.8. The molecule has 0 rings (SSSR count). The Balaban J connectivity index is -0.00000264. The first-order valence-corrected chi connectivity index (χ1v) is 11.0. The van der Waals surface area contributed by atoms with E-state index < -0.39 is 0 Å². The van der Waals surface area contributed by atoms with Crippen LogP contribution < -0.4 is 10.6 Å². The van der Waals surface area contributed by atoms with Gasteiger partial charge in [-0.2, -0.15) is 0 Å². The summed E-state index contributed by atoms with van der Waals surface area (Å²) in [6.07, 6.45) is 1.24. The first kappa shape index (κ1) is 23.6. The molecule has 0 fully saturated rings. The van der Waals surface area contributed by atoms with Gasteiger partial charge >= 0.3 is 0 Å². The first-order valence-electron chi connectivity index (χ1n) is 8.52. The van der Waals surface area contributed by atoms with Gasteiger partial charge in [-0.25, -0.2) is 0 Å². The Hall–Kier alpha value is -0.390. The predicted molar refractivity (Wildman–Crippen MR) is 109 cm³/mol. The van der Waals surface area contributed by atoms with Gasteiger partial charge in [0.2, 0.25) is 5.91 Å². The maximum Gasteiger partial charge on any atom is 0.220 e. The number of carbonyl (C=O) groups excluding carboxylic acids is 1. The number of carbonyl (C=O) groups is 1. The van der Waals surface area contributed by atoms with Crippen molar-refractivity contribution in [2.24, 2.45) is 5.92 Å². The molecular weight excluding hydrogens is 344 g/mol. The monoisotopic (exact) mass is 380 g/mol. The molecule has 0 radical (unpaired) electrons.